The van der Waals surface area contributed by atoms with Crippen LogP contribution in [0.1, 0.15) is 29.6 Å². The highest BCUT2D eigenvalue weighted by molar-refractivity contribution is 5.95. The summed E-state index contributed by atoms with van der Waals surface area (Å²) in [6.45, 7) is 0.741. The molecule has 7 nitrogen and oxygen atoms in total. The second-order valence-electron chi connectivity index (χ2n) is 7.14. The number of urea groups is 1. The van der Waals surface area contributed by atoms with Gasteiger partial charge in [0.05, 0.1) is 5.41 Å². The van der Waals surface area contributed by atoms with E-state index in [4.69, 9.17) is 0 Å². The highest BCUT2D eigenvalue weighted by Crippen LogP contribution is 2.48. The van der Waals surface area contributed by atoms with Crippen LogP contribution in [0.5, 0.6) is 0 Å². The molecule has 1 aromatic rings. The Balaban J connectivity index is 1.65. The molecule has 0 unspecified atom stereocenters. The molecule has 3 rings (SSSR count). The van der Waals surface area contributed by atoms with Crippen LogP contribution in [0, 0.1) is 11.3 Å². The number of likely N-dealkylation sites (tertiary alicyclic amines) is 1. The van der Waals surface area contributed by atoms with Gasteiger partial charge in [-0.25, -0.2) is 4.79 Å². The predicted molar refractivity (Wildman–Crippen MR) is 92.5 cm³/mol. The van der Waals surface area contributed by atoms with E-state index < -0.39 is 11.4 Å². The van der Waals surface area contributed by atoms with E-state index in [0.29, 0.717) is 24.2 Å². The SMILES string of the molecule is CN(C)C(=O)c1ccc(NC(=O)N2C[C@@H]3CCC[C@@]3(C(=O)O)C2)cc1. The molecule has 25 heavy (non-hydrogen) atoms. The van der Waals surface area contributed by atoms with Gasteiger partial charge in [0.15, 0.2) is 0 Å². The van der Waals surface area contributed by atoms with Gasteiger partial charge in [0, 0.05) is 38.4 Å². The molecular weight excluding hydrogens is 322 g/mol. The van der Waals surface area contributed by atoms with Gasteiger partial charge in [0.1, 0.15) is 0 Å². The van der Waals surface area contributed by atoms with E-state index in [-0.39, 0.29) is 24.4 Å². The minimum atomic E-state index is -0.795. The first-order valence-corrected chi connectivity index (χ1v) is 8.44. The van der Waals surface area contributed by atoms with Crippen LogP contribution in [0.3, 0.4) is 0 Å². The van der Waals surface area contributed by atoms with Crippen molar-refractivity contribution < 1.29 is 19.5 Å². The van der Waals surface area contributed by atoms with E-state index in [0.717, 1.165) is 12.8 Å². The van der Waals surface area contributed by atoms with Gasteiger partial charge in [-0.2, -0.15) is 0 Å². The lowest BCUT2D eigenvalue weighted by atomic mass is 9.81. The number of benzene rings is 1. The van der Waals surface area contributed by atoms with Gasteiger partial charge >= 0.3 is 12.0 Å². The molecule has 7 heteroatoms. The van der Waals surface area contributed by atoms with Crippen LogP contribution >= 0.6 is 0 Å². The molecule has 2 N–H and O–H groups in total. The van der Waals surface area contributed by atoms with Gasteiger partial charge in [-0.3, -0.25) is 9.59 Å². The molecule has 134 valence electrons. The summed E-state index contributed by atoms with van der Waals surface area (Å²) in [5.74, 6) is -0.860. The topological polar surface area (TPSA) is 90.0 Å². The van der Waals surface area contributed by atoms with Crippen LogP contribution in [0.25, 0.3) is 0 Å². The van der Waals surface area contributed by atoms with Gasteiger partial charge in [-0.05, 0) is 43.0 Å². The summed E-state index contributed by atoms with van der Waals surface area (Å²) >= 11 is 0. The third-order valence-electron chi connectivity index (χ3n) is 5.37. The van der Waals surface area contributed by atoms with Gasteiger partial charge in [0.25, 0.3) is 5.91 Å². The maximum Gasteiger partial charge on any atom is 0.321 e. The molecular formula is C18H23N3O4. The summed E-state index contributed by atoms with van der Waals surface area (Å²) in [7, 11) is 3.36. The lowest BCUT2D eigenvalue weighted by molar-refractivity contribution is -0.149. The second kappa shape index (κ2) is 6.38. The molecule has 2 atom stereocenters. The lowest BCUT2D eigenvalue weighted by Crippen LogP contribution is -2.38. The zero-order chi connectivity index (χ0) is 18.2. The largest absolute Gasteiger partial charge is 0.481 e. The number of hydrogen-bond acceptors (Lipinski definition) is 3. The number of carbonyl (C=O) groups excluding carboxylic acids is 2. The number of hydrogen-bond donors (Lipinski definition) is 2. The third kappa shape index (κ3) is 3.06. The Morgan fingerprint density at radius 2 is 1.92 bits per heavy atom. The van der Waals surface area contributed by atoms with Crippen LogP contribution < -0.4 is 5.32 Å². The van der Waals surface area contributed by atoms with Crippen LogP contribution in [0.4, 0.5) is 10.5 Å². The Bertz CT molecular complexity index is 701. The average Bonchev–Trinajstić information content (AvgIpc) is 3.13. The zero-order valence-corrected chi connectivity index (χ0v) is 14.5. The van der Waals surface area contributed by atoms with Gasteiger partial charge in [-0.1, -0.05) is 6.42 Å². The standard InChI is InChI=1S/C18H23N3O4/c1-20(2)15(22)12-5-7-14(8-6-12)19-17(25)21-10-13-4-3-9-18(13,11-21)16(23)24/h5-8,13H,3-4,9-11H2,1-2H3,(H,19,25)(H,23,24)/t13-,18+/m0/s1. The number of nitrogens with one attached hydrogen (secondary N) is 1. The van der Waals surface area contributed by atoms with E-state index in [1.165, 1.54) is 4.90 Å². The number of fused-ring (bicyclic) bond motifs is 1. The molecule has 1 heterocycles. The van der Waals surface area contributed by atoms with E-state index in [1.54, 1.807) is 43.3 Å². The summed E-state index contributed by atoms with van der Waals surface area (Å²) in [6, 6.07) is 6.39. The van der Waals surface area contributed by atoms with Crippen molar-refractivity contribution in [1.82, 2.24) is 9.80 Å². The van der Waals surface area contributed by atoms with Crippen LogP contribution in [0.2, 0.25) is 0 Å². The summed E-state index contributed by atoms with van der Waals surface area (Å²) in [4.78, 5) is 39.1. The van der Waals surface area contributed by atoms with Crippen molar-refractivity contribution in [2.24, 2.45) is 11.3 Å². The fraction of sp³-hybridized carbons (Fsp3) is 0.500. The quantitative estimate of drug-likeness (QED) is 0.878. The van der Waals surface area contributed by atoms with Crippen molar-refractivity contribution in [3.8, 4) is 0 Å². The average molecular weight is 345 g/mol. The Labute approximate surface area is 146 Å². The Hall–Kier alpha value is -2.57. The van der Waals surface area contributed by atoms with Crippen molar-refractivity contribution in [3.63, 3.8) is 0 Å². The Morgan fingerprint density at radius 1 is 1.24 bits per heavy atom. The zero-order valence-electron chi connectivity index (χ0n) is 14.5. The fourth-order valence-corrected chi connectivity index (χ4v) is 3.95. The first-order valence-electron chi connectivity index (χ1n) is 8.44. The maximum atomic E-state index is 12.5. The summed E-state index contributed by atoms with van der Waals surface area (Å²) < 4.78 is 0. The van der Waals surface area contributed by atoms with Crippen molar-refractivity contribution >= 4 is 23.6 Å². The minimum Gasteiger partial charge on any atom is -0.481 e. The van der Waals surface area contributed by atoms with E-state index in [1.807, 2.05) is 0 Å². The molecule has 0 spiro atoms. The van der Waals surface area contributed by atoms with Crippen LogP contribution in [-0.4, -0.2) is 60.0 Å². The number of aliphatic carboxylic acids is 1. The van der Waals surface area contributed by atoms with E-state index in [9.17, 15) is 19.5 Å². The van der Waals surface area contributed by atoms with Crippen LogP contribution in [-0.2, 0) is 4.79 Å². The predicted octanol–water partition coefficient (Wildman–Crippen LogP) is 2.11. The number of amides is 3. The first-order chi connectivity index (χ1) is 11.8. The van der Waals surface area contributed by atoms with E-state index >= 15 is 0 Å². The monoisotopic (exact) mass is 345 g/mol. The third-order valence-corrected chi connectivity index (χ3v) is 5.37. The fourth-order valence-electron chi connectivity index (χ4n) is 3.95. The van der Waals surface area contributed by atoms with Crippen LogP contribution in [0.15, 0.2) is 24.3 Å². The van der Waals surface area contributed by atoms with Gasteiger partial charge in [-0.15, -0.1) is 0 Å². The number of carboxylic acid groups (broad SMARTS) is 1. The number of anilines is 1. The normalized spacial score (nSPS) is 24.7. The molecule has 1 saturated carbocycles. The Morgan fingerprint density at radius 3 is 2.48 bits per heavy atom. The van der Waals surface area contributed by atoms with Crippen molar-refractivity contribution in [2.75, 3.05) is 32.5 Å². The molecule has 1 aromatic carbocycles. The minimum absolute atomic E-state index is 0.0378. The molecule has 0 aromatic heterocycles. The molecule has 2 aliphatic rings. The molecule has 0 radical (unpaired) electrons. The summed E-state index contributed by atoms with van der Waals surface area (Å²) in [6.07, 6.45) is 2.41. The van der Waals surface area contributed by atoms with Crippen molar-refractivity contribution in [3.05, 3.63) is 29.8 Å². The highest BCUT2D eigenvalue weighted by Gasteiger charge is 2.55. The number of carboxylic acids is 1. The first kappa shape index (κ1) is 17.3. The summed E-state index contributed by atoms with van der Waals surface area (Å²) in [5, 5.41) is 12.4. The van der Waals surface area contributed by atoms with Gasteiger partial charge < -0.3 is 20.2 Å². The molecule has 1 aliphatic heterocycles. The van der Waals surface area contributed by atoms with Gasteiger partial charge in [0.2, 0.25) is 0 Å². The van der Waals surface area contributed by atoms with E-state index in [2.05, 4.69) is 5.32 Å². The molecule has 2 fully saturated rings. The smallest absolute Gasteiger partial charge is 0.321 e. The number of nitrogens with zero attached hydrogens (tertiary/aromatic N) is 2. The molecule has 1 aliphatic carbocycles. The highest BCUT2D eigenvalue weighted by atomic mass is 16.4. The number of rotatable bonds is 3. The molecule has 0 bridgehead atoms. The lowest BCUT2D eigenvalue weighted by Gasteiger charge is -2.23. The van der Waals surface area contributed by atoms with Crippen molar-refractivity contribution in [1.29, 1.82) is 0 Å². The number of carbonyl (C=O) groups is 3. The summed E-state index contributed by atoms with van der Waals surface area (Å²) in [5.41, 5.74) is 0.351. The second-order valence-corrected chi connectivity index (χ2v) is 7.14. The molecule has 3 amide bonds. The van der Waals surface area contributed by atoms with Crippen molar-refractivity contribution in [2.45, 2.75) is 19.3 Å². The Kier molecular flexibility index (Phi) is 4.41. The molecule has 1 saturated heterocycles. The maximum absolute atomic E-state index is 12.5.